The molecule has 1 rings (SSSR count). The van der Waals surface area contributed by atoms with E-state index in [2.05, 4.69) is 53.2 Å². The van der Waals surface area contributed by atoms with Gasteiger partial charge in [-0.15, -0.1) is 24.0 Å². The second-order valence-corrected chi connectivity index (χ2v) is 5.89. The van der Waals surface area contributed by atoms with Gasteiger partial charge in [0.15, 0.2) is 5.96 Å². The van der Waals surface area contributed by atoms with E-state index >= 15 is 0 Å². The molecule has 0 aliphatic carbocycles. The lowest BCUT2D eigenvalue weighted by Gasteiger charge is -2.30. The minimum atomic E-state index is 0. The van der Waals surface area contributed by atoms with E-state index in [9.17, 15) is 0 Å². The van der Waals surface area contributed by atoms with Crippen molar-refractivity contribution in [1.29, 1.82) is 0 Å². The van der Waals surface area contributed by atoms with Gasteiger partial charge in [0.05, 0.1) is 12.7 Å². The van der Waals surface area contributed by atoms with Crippen molar-refractivity contribution >= 4 is 29.9 Å². The Morgan fingerprint density at radius 3 is 2.42 bits per heavy atom. The molecule has 0 saturated heterocycles. The molecule has 0 fully saturated rings. The number of aromatic nitrogens is 1. The maximum absolute atomic E-state index is 5.59. The topological polar surface area (TPSA) is 61.8 Å². The summed E-state index contributed by atoms with van der Waals surface area (Å²) in [6, 6.07) is 4.84. The number of nitrogens with zero attached hydrogens (tertiary/aromatic N) is 3. The van der Waals surface area contributed by atoms with E-state index in [1.807, 2.05) is 12.1 Å². The predicted molar refractivity (Wildman–Crippen MR) is 111 cm³/mol. The van der Waals surface area contributed by atoms with Crippen molar-refractivity contribution in [3.05, 3.63) is 24.5 Å². The molecule has 0 spiro atoms. The van der Waals surface area contributed by atoms with Crippen molar-refractivity contribution in [2.75, 3.05) is 33.3 Å². The molecule has 0 saturated carbocycles. The highest BCUT2D eigenvalue weighted by atomic mass is 127. The van der Waals surface area contributed by atoms with E-state index in [-0.39, 0.29) is 24.0 Å². The van der Waals surface area contributed by atoms with Gasteiger partial charge < -0.3 is 15.4 Å². The highest BCUT2D eigenvalue weighted by Gasteiger charge is 2.12. The summed E-state index contributed by atoms with van der Waals surface area (Å²) in [6.07, 6.45) is 3.44. The first-order valence-corrected chi connectivity index (χ1v) is 8.27. The average Bonchev–Trinajstić information content (AvgIpc) is 2.53. The van der Waals surface area contributed by atoms with Crippen LogP contribution in [0.2, 0.25) is 0 Å². The summed E-state index contributed by atoms with van der Waals surface area (Å²) in [4.78, 5) is 10.7. The highest BCUT2D eigenvalue weighted by Crippen LogP contribution is 2.05. The molecule has 0 unspecified atom stereocenters. The number of hydrogen-bond donors (Lipinski definition) is 2. The molecular formula is C17H32IN5O. The molecular weight excluding hydrogens is 417 g/mol. The number of aliphatic imine (C=N–C) groups is 1. The summed E-state index contributed by atoms with van der Waals surface area (Å²) in [6.45, 7) is 12.0. The Bertz CT molecular complexity index is 446. The van der Waals surface area contributed by atoms with E-state index in [1.54, 1.807) is 19.4 Å². The van der Waals surface area contributed by atoms with Gasteiger partial charge in [-0.25, -0.2) is 0 Å². The molecule has 0 bridgehead atoms. The highest BCUT2D eigenvalue weighted by molar-refractivity contribution is 14.0. The maximum atomic E-state index is 5.59. The van der Waals surface area contributed by atoms with Crippen LogP contribution in [0.15, 0.2) is 29.5 Å². The van der Waals surface area contributed by atoms with Gasteiger partial charge in [0.1, 0.15) is 12.4 Å². The van der Waals surface area contributed by atoms with Crippen molar-refractivity contribution < 1.29 is 4.74 Å². The minimum absolute atomic E-state index is 0. The molecule has 0 amide bonds. The molecule has 1 aromatic rings. The van der Waals surface area contributed by atoms with E-state index < -0.39 is 0 Å². The Morgan fingerprint density at radius 2 is 1.88 bits per heavy atom. The van der Waals surface area contributed by atoms with E-state index in [1.165, 1.54) is 0 Å². The fourth-order valence-corrected chi connectivity index (χ4v) is 2.41. The molecule has 0 aliphatic rings. The molecule has 1 heterocycles. The normalized spacial score (nSPS) is 11.6. The minimum Gasteiger partial charge on any atom is -0.490 e. The van der Waals surface area contributed by atoms with Gasteiger partial charge in [-0.2, -0.15) is 0 Å². The van der Waals surface area contributed by atoms with Gasteiger partial charge in [0.2, 0.25) is 0 Å². The number of guanidine groups is 1. The Morgan fingerprint density at radius 1 is 1.21 bits per heavy atom. The van der Waals surface area contributed by atoms with Crippen molar-refractivity contribution in [1.82, 2.24) is 20.5 Å². The molecule has 138 valence electrons. The number of ether oxygens (including phenoxy) is 1. The second kappa shape index (κ2) is 13.2. The Labute approximate surface area is 163 Å². The smallest absolute Gasteiger partial charge is 0.191 e. The van der Waals surface area contributed by atoms with E-state index in [0.29, 0.717) is 25.2 Å². The van der Waals surface area contributed by atoms with Crippen LogP contribution in [-0.4, -0.2) is 61.2 Å². The number of rotatable bonds is 9. The molecule has 2 N–H and O–H groups in total. The molecule has 0 atom stereocenters. The lowest BCUT2D eigenvalue weighted by Crippen LogP contribution is -2.45. The van der Waals surface area contributed by atoms with Gasteiger partial charge >= 0.3 is 0 Å². The van der Waals surface area contributed by atoms with Gasteiger partial charge in [-0.05, 0) is 39.8 Å². The number of pyridine rings is 1. The molecule has 24 heavy (non-hydrogen) atoms. The maximum Gasteiger partial charge on any atom is 0.191 e. The van der Waals surface area contributed by atoms with Gasteiger partial charge in [0.25, 0.3) is 0 Å². The zero-order valence-corrected chi connectivity index (χ0v) is 17.8. The van der Waals surface area contributed by atoms with Crippen LogP contribution < -0.4 is 15.4 Å². The van der Waals surface area contributed by atoms with Crippen molar-refractivity contribution in [2.24, 2.45) is 4.99 Å². The van der Waals surface area contributed by atoms with Gasteiger partial charge in [0, 0.05) is 38.4 Å². The zero-order valence-electron chi connectivity index (χ0n) is 15.5. The van der Waals surface area contributed by atoms with Crippen LogP contribution in [0.5, 0.6) is 5.75 Å². The summed E-state index contributed by atoms with van der Waals surface area (Å²) in [5.41, 5.74) is 0. The lowest BCUT2D eigenvalue weighted by atomic mass is 10.2. The molecule has 6 nitrogen and oxygen atoms in total. The summed E-state index contributed by atoms with van der Waals surface area (Å²) in [5, 5.41) is 6.58. The first kappa shape index (κ1) is 22.9. The Kier molecular flexibility index (Phi) is 12.6. The van der Waals surface area contributed by atoms with Crippen LogP contribution >= 0.6 is 24.0 Å². The number of halogens is 1. The van der Waals surface area contributed by atoms with E-state index in [0.717, 1.165) is 24.8 Å². The molecule has 7 heteroatoms. The molecule has 1 aromatic heterocycles. The van der Waals surface area contributed by atoms with Crippen LogP contribution in [0.25, 0.3) is 0 Å². The first-order valence-electron chi connectivity index (χ1n) is 8.27. The molecule has 0 radical (unpaired) electrons. The monoisotopic (exact) mass is 449 g/mol. The summed E-state index contributed by atoms with van der Waals surface area (Å²) in [5.74, 6) is 1.58. The summed E-state index contributed by atoms with van der Waals surface area (Å²) < 4.78 is 5.59. The van der Waals surface area contributed by atoms with Crippen LogP contribution in [0.1, 0.15) is 27.7 Å². The van der Waals surface area contributed by atoms with Gasteiger partial charge in [-0.1, -0.05) is 0 Å². The van der Waals surface area contributed by atoms with Crippen LogP contribution in [0.4, 0.5) is 0 Å². The average molecular weight is 449 g/mol. The number of nitrogens with one attached hydrogen (secondary N) is 2. The Hall–Kier alpha value is -1.09. The second-order valence-electron chi connectivity index (χ2n) is 5.89. The third-order valence-corrected chi connectivity index (χ3v) is 3.51. The van der Waals surface area contributed by atoms with Crippen LogP contribution in [0.3, 0.4) is 0 Å². The van der Waals surface area contributed by atoms with Crippen molar-refractivity contribution in [3.63, 3.8) is 0 Å². The van der Waals surface area contributed by atoms with E-state index in [4.69, 9.17) is 4.74 Å². The fraction of sp³-hybridized carbons (Fsp3) is 0.647. The van der Waals surface area contributed by atoms with Crippen molar-refractivity contribution in [3.8, 4) is 5.75 Å². The standard InChI is InChI=1S/C17H31N5O.HI/c1-14(2)22(15(3)4)11-9-20-17(18-5)21-10-12-23-16-7-6-8-19-13-16;/h6-8,13-15H,9-12H2,1-5H3,(H2,18,20,21);1H. The third kappa shape index (κ3) is 9.27. The number of hydrogen-bond acceptors (Lipinski definition) is 4. The Balaban J connectivity index is 0.00000529. The predicted octanol–water partition coefficient (Wildman–Crippen LogP) is 2.36. The fourth-order valence-electron chi connectivity index (χ4n) is 2.41. The SMILES string of the molecule is CN=C(NCCOc1cccnc1)NCCN(C(C)C)C(C)C.I. The largest absolute Gasteiger partial charge is 0.490 e. The third-order valence-electron chi connectivity index (χ3n) is 3.51. The first-order chi connectivity index (χ1) is 11.0. The molecule has 0 aromatic carbocycles. The van der Waals surface area contributed by atoms with Gasteiger partial charge in [-0.3, -0.25) is 14.9 Å². The molecule has 0 aliphatic heterocycles. The summed E-state index contributed by atoms with van der Waals surface area (Å²) in [7, 11) is 1.78. The quantitative estimate of drug-likeness (QED) is 0.262. The van der Waals surface area contributed by atoms with Crippen LogP contribution in [0, 0.1) is 0 Å². The lowest BCUT2D eigenvalue weighted by molar-refractivity contribution is 0.178. The summed E-state index contributed by atoms with van der Waals surface area (Å²) >= 11 is 0. The zero-order chi connectivity index (χ0) is 17.1. The van der Waals surface area contributed by atoms with Crippen molar-refractivity contribution in [2.45, 2.75) is 39.8 Å². The van der Waals surface area contributed by atoms with Crippen LogP contribution in [-0.2, 0) is 0 Å².